The van der Waals surface area contributed by atoms with Crippen LogP contribution >= 0.6 is 0 Å². The van der Waals surface area contributed by atoms with Gasteiger partial charge in [-0.1, -0.05) is 18.2 Å². The Hall–Kier alpha value is -2.70. The third-order valence-corrected chi connectivity index (χ3v) is 4.64. The number of pyridine rings is 1. The summed E-state index contributed by atoms with van der Waals surface area (Å²) in [6.45, 7) is 3.07. The molecule has 1 aromatic carbocycles. The van der Waals surface area contributed by atoms with E-state index in [1.165, 1.54) is 5.56 Å². The van der Waals surface area contributed by atoms with Crippen molar-refractivity contribution in [2.45, 2.75) is 12.6 Å². The van der Waals surface area contributed by atoms with Gasteiger partial charge in [-0.2, -0.15) is 0 Å². The Bertz CT molecular complexity index is 850. The summed E-state index contributed by atoms with van der Waals surface area (Å²) in [5.74, 6) is 1.75. The van der Waals surface area contributed by atoms with Crippen LogP contribution in [0.3, 0.4) is 0 Å². The Morgan fingerprint density at radius 1 is 1.27 bits per heavy atom. The number of methoxy groups -OCH3 is 1. The van der Waals surface area contributed by atoms with E-state index in [1.807, 2.05) is 42.7 Å². The molecule has 0 amide bonds. The molecule has 6 nitrogen and oxygen atoms in total. The molecular weight excluding hydrogens is 328 g/mol. The van der Waals surface area contributed by atoms with Crippen LogP contribution in [0.5, 0.6) is 5.75 Å². The second-order valence-corrected chi connectivity index (χ2v) is 6.34. The first-order chi connectivity index (χ1) is 12.8. The lowest BCUT2D eigenvalue weighted by Gasteiger charge is -2.34. The molecule has 0 saturated carbocycles. The number of H-pyrrole nitrogens is 1. The van der Waals surface area contributed by atoms with Crippen LogP contribution in [0.15, 0.2) is 55.0 Å². The van der Waals surface area contributed by atoms with Crippen LogP contribution in [0.4, 0.5) is 0 Å². The zero-order chi connectivity index (χ0) is 17.8. The van der Waals surface area contributed by atoms with Gasteiger partial charge in [-0.05, 0) is 23.8 Å². The van der Waals surface area contributed by atoms with Crippen molar-refractivity contribution < 1.29 is 9.47 Å². The lowest BCUT2D eigenvalue weighted by atomic mass is 10.1. The Kier molecular flexibility index (Phi) is 4.95. The second kappa shape index (κ2) is 7.68. The molecule has 4 rings (SSSR count). The van der Waals surface area contributed by atoms with Crippen molar-refractivity contribution in [3.63, 3.8) is 0 Å². The molecule has 0 radical (unpaired) electrons. The van der Waals surface area contributed by atoms with Crippen LogP contribution < -0.4 is 4.74 Å². The number of rotatable bonds is 5. The summed E-state index contributed by atoms with van der Waals surface area (Å²) in [7, 11) is 1.67. The van der Waals surface area contributed by atoms with Gasteiger partial charge >= 0.3 is 0 Å². The van der Waals surface area contributed by atoms with Gasteiger partial charge in [0.1, 0.15) is 11.6 Å². The number of benzene rings is 1. The van der Waals surface area contributed by atoms with E-state index >= 15 is 0 Å². The molecular formula is C20H22N4O2. The summed E-state index contributed by atoms with van der Waals surface area (Å²) < 4.78 is 11.0. The minimum Gasteiger partial charge on any atom is -0.497 e. The lowest BCUT2D eigenvalue weighted by molar-refractivity contribution is -0.0156. The highest BCUT2D eigenvalue weighted by atomic mass is 16.5. The topological polar surface area (TPSA) is 63.3 Å². The van der Waals surface area contributed by atoms with E-state index in [4.69, 9.17) is 9.47 Å². The molecule has 1 fully saturated rings. The number of nitrogens with one attached hydrogen (secondary N) is 1. The van der Waals surface area contributed by atoms with Gasteiger partial charge in [0.15, 0.2) is 0 Å². The quantitative estimate of drug-likeness (QED) is 0.766. The first kappa shape index (κ1) is 16.8. The van der Waals surface area contributed by atoms with E-state index < -0.39 is 0 Å². The normalized spacial score (nSPS) is 18.0. The number of hydrogen-bond donors (Lipinski definition) is 1. The predicted molar refractivity (Wildman–Crippen MR) is 98.8 cm³/mol. The number of hydrogen-bond acceptors (Lipinski definition) is 5. The Morgan fingerprint density at radius 3 is 3.08 bits per heavy atom. The molecule has 0 bridgehead atoms. The van der Waals surface area contributed by atoms with E-state index in [2.05, 4.69) is 25.9 Å². The van der Waals surface area contributed by atoms with E-state index in [-0.39, 0.29) is 6.04 Å². The number of aromatic nitrogens is 3. The molecule has 1 atom stereocenters. The maximum Gasteiger partial charge on any atom is 0.126 e. The third kappa shape index (κ3) is 3.61. The molecule has 1 aliphatic rings. The molecule has 26 heavy (non-hydrogen) atoms. The van der Waals surface area contributed by atoms with Gasteiger partial charge in [0.25, 0.3) is 0 Å². The maximum atomic E-state index is 5.72. The zero-order valence-electron chi connectivity index (χ0n) is 14.8. The molecule has 0 spiro atoms. The minimum atomic E-state index is 0.100. The fourth-order valence-electron chi connectivity index (χ4n) is 3.25. The van der Waals surface area contributed by atoms with Crippen LogP contribution in [-0.2, 0) is 11.3 Å². The van der Waals surface area contributed by atoms with Crippen molar-refractivity contribution in [3.8, 4) is 17.0 Å². The summed E-state index contributed by atoms with van der Waals surface area (Å²) in [6.07, 6.45) is 5.59. The van der Waals surface area contributed by atoms with Crippen LogP contribution in [-0.4, -0.2) is 46.7 Å². The molecule has 1 saturated heterocycles. The SMILES string of the molecule is COc1cccc(-c2cnc(C3COCCN3Cc3cccnc3)[nH]2)c1. The number of nitrogens with zero attached hydrogens (tertiary/aromatic N) is 3. The van der Waals surface area contributed by atoms with Gasteiger partial charge in [0.2, 0.25) is 0 Å². The lowest BCUT2D eigenvalue weighted by Crippen LogP contribution is -2.39. The van der Waals surface area contributed by atoms with Crippen LogP contribution in [0.25, 0.3) is 11.3 Å². The largest absolute Gasteiger partial charge is 0.497 e. The summed E-state index contributed by atoms with van der Waals surface area (Å²) >= 11 is 0. The maximum absolute atomic E-state index is 5.72. The average molecular weight is 350 g/mol. The summed E-state index contributed by atoms with van der Waals surface area (Å²) in [5, 5.41) is 0. The van der Waals surface area contributed by atoms with Crippen molar-refractivity contribution in [2.75, 3.05) is 26.9 Å². The highest BCUT2D eigenvalue weighted by molar-refractivity contribution is 5.60. The Labute approximate surface area is 152 Å². The fraction of sp³-hybridized carbons (Fsp3) is 0.300. The summed E-state index contributed by atoms with van der Waals surface area (Å²) in [4.78, 5) is 14.7. The Morgan fingerprint density at radius 2 is 2.23 bits per heavy atom. The van der Waals surface area contributed by atoms with Gasteiger partial charge in [-0.25, -0.2) is 4.98 Å². The molecule has 1 N–H and O–H groups in total. The molecule has 6 heteroatoms. The summed E-state index contributed by atoms with van der Waals surface area (Å²) in [6, 6.07) is 12.1. The smallest absolute Gasteiger partial charge is 0.126 e. The van der Waals surface area contributed by atoms with Crippen molar-refractivity contribution in [1.82, 2.24) is 19.9 Å². The number of aromatic amines is 1. The molecule has 0 aliphatic carbocycles. The van der Waals surface area contributed by atoms with E-state index in [9.17, 15) is 0 Å². The fourth-order valence-corrected chi connectivity index (χ4v) is 3.25. The number of ether oxygens (including phenoxy) is 2. The molecule has 3 heterocycles. The first-order valence-corrected chi connectivity index (χ1v) is 8.73. The molecule has 1 unspecified atom stereocenters. The Balaban J connectivity index is 1.56. The third-order valence-electron chi connectivity index (χ3n) is 4.64. The van der Waals surface area contributed by atoms with Gasteiger partial charge in [-0.15, -0.1) is 0 Å². The van der Waals surface area contributed by atoms with Gasteiger partial charge in [0, 0.05) is 31.0 Å². The predicted octanol–water partition coefficient (Wildman–Crippen LogP) is 3.05. The monoisotopic (exact) mass is 350 g/mol. The van der Waals surface area contributed by atoms with E-state index in [0.717, 1.165) is 42.5 Å². The number of morpholine rings is 1. The molecule has 134 valence electrons. The standard InChI is InChI=1S/C20H22N4O2/c1-25-17-6-2-5-16(10-17)18-12-22-20(23-18)19-14-26-9-8-24(19)13-15-4-3-7-21-11-15/h2-7,10-12,19H,8-9,13-14H2,1H3,(H,22,23). The molecule has 3 aromatic rings. The zero-order valence-corrected chi connectivity index (χ0v) is 14.8. The number of imidazole rings is 1. The van der Waals surface area contributed by atoms with Gasteiger partial charge in [-0.3, -0.25) is 9.88 Å². The van der Waals surface area contributed by atoms with Crippen LogP contribution in [0.2, 0.25) is 0 Å². The molecule has 2 aromatic heterocycles. The van der Waals surface area contributed by atoms with Crippen molar-refractivity contribution in [3.05, 3.63) is 66.4 Å². The van der Waals surface area contributed by atoms with Crippen molar-refractivity contribution in [1.29, 1.82) is 0 Å². The van der Waals surface area contributed by atoms with Crippen molar-refractivity contribution >= 4 is 0 Å². The van der Waals surface area contributed by atoms with Gasteiger partial charge in [0.05, 0.1) is 38.3 Å². The van der Waals surface area contributed by atoms with Crippen molar-refractivity contribution in [2.24, 2.45) is 0 Å². The average Bonchev–Trinajstić information content (AvgIpc) is 3.19. The highest BCUT2D eigenvalue weighted by Crippen LogP contribution is 2.27. The van der Waals surface area contributed by atoms with Crippen LogP contribution in [0.1, 0.15) is 17.4 Å². The van der Waals surface area contributed by atoms with E-state index in [0.29, 0.717) is 6.61 Å². The van der Waals surface area contributed by atoms with Gasteiger partial charge < -0.3 is 14.5 Å². The van der Waals surface area contributed by atoms with E-state index in [1.54, 1.807) is 13.3 Å². The summed E-state index contributed by atoms with van der Waals surface area (Å²) in [5.41, 5.74) is 3.23. The molecule has 1 aliphatic heterocycles. The first-order valence-electron chi connectivity index (χ1n) is 8.73. The highest BCUT2D eigenvalue weighted by Gasteiger charge is 2.27. The second-order valence-electron chi connectivity index (χ2n) is 6.34. The van der Waals surface area contributed by atoms with Crippen LogP contribution in [0, 0.1) is 0 Å². The minimum absolute atomic E-state index is 0.100.